The second kappa shape index (κ2) is 4.77. The molecular weight excluding hydrogens is 214 g/mol. The van der Waals surface area contributed by atoms with E-state index in [-0.39, 0.29) is 0 Å². The van der Waals surface area contributed by atoms with Crippen molar-refractivity contribution in [3.8, 4) is 0 Å². The van der Waals surface area contributed by atoms with Crippen molar-refractivity contribution in [2.75, 3.05) is 30.5 Å². The SMILES string of the molecule is CN(C)c1nc(N)nc(C2CCCCC2)c1N. The van der Waals surface area contributed by atoms with Gasteiger partial charge in [-0.05, 0) is 12.8 Å². The van der Waals surface area contributed by atoms with Gasteiger partial charge in [-0.2, -0.15) is 4.98 Å². The molecule has 0 amide bonds. The molecule has 1 aromatic heterocycles. The highest BCUT2D eigenvalue weighted by Crippen LogP contribution is 2.37. The largest absolute Gasteiger partial charge is 0.394 e. The van der Waals surface area contributed by atoms with E-state index < -0.39 is 0 Å². The smallest absolute Gasteiger partial charge is 0.222 e. The summed E-state index contributed by atoms with van der Waals surface area (Å²) in [4.78, 5) is 10.4. The molecule has 0 bridgehead atoms. The fourth-order valence-corrected chi connectivity index (χ4v) is 2.52. The van der Waals surface area contributed by atoms with E-state index in [1.54, 1.807) is 0 Å². The van der Waals surface area contributed by atoms with E-state index in [9.17, 15) is 0 Å². The Morgan fingerprint density at radius 3 is 2.29 bits per heavy atom. The highest BCUT2D eigenvalue weighted by molar-refractivity contribution is 5.67. The number of rotatable bonds is 2. The average molecular weight is 235 g/mol. The van der Waals surface area contributed by atoms with Gasteiger partial charge < -0.3 is 16.4 Å². The van der Waals surface area contributed by atoms with Crippen LogP contribution in [0, 0.1) is 0 Å². The molecule has 1 heterocycles. The molecule has 4 N–H and O–H groups in total. The quantitative estimate of drug-likeness (QED) is 0.816. The fourth-order valence-electron chi connectivity index (χ4n) is 2.52. The summed E-state index contributed by atoms with van der Waals surface area (Å²) in [5.41, 5.74) is 13.6. The first-order valence-corrected chi connectivity index (χ1v) is 6.19. The molecule has 0 aromatic carbocycles. The molecule has 0 saturated heterocycles. The Morgan fingerprint density at radius 2 is 1.71 bits per heavy atom. The maximum absolute atomic E-state index is 6.16. The van der Waals surface area contributed by atoms with E-state index in [4.69, 9.17) is 11.5 Å². The summed E-state index contributed by atoms with van der Waals surface area (Å²) in [5, 5.41) is 0. The third-order valence-corrected chi connectivity index (χ3v) is 3.39. The average Bonchev–Trinajstić information content (AvgIpc) is 2.32. The van der Waals surface area contributed by atoms with Crippen molar-refractivity contribution < 1.29 is 0 Å². The van der Waals surface area contributed by atoms with Crippen molar-refractivity contribution in [1.82, 2.24) is 9.97 Å². The van der Waals surface area contributed by atoms with Crippen molar-refractivity contribution in [3.63, 3.8) is 0 Å². The van der Waals surface area contributed by atoms with Crippen molar-refractivity contribution in [2.45, 2.75) is 38.0 Å². The van der Waals surface area contributed by atoms with Crippen molar-refractivity contribution in [2.24, 2.45) is 0 Å². The number of aromatic nitrogens is 2. The van der Waals surface area contributed by atoms with Crippen LogP contribution >= 0.6 is 0 Å². The predicted molar refractivity (Wildman–Crippen MR) is 71.0 cm³/mol. The zero-order valence-corrected chi connectivity index (χ0v) is 10.6. The van der Waals surface area contributed by atoms with Gasteiger partial charge >= 0.3 is 0 Å². The Labute approximate surface area is 102 Å². The van der Waals surface area contributed by atoms with Gasteiger partial charge in [-0.1, -0.05) is 19.3 Å². The monoisotopic (exact) mass is 235 g/mol. The van der Waals surface area contributed by atoms with Gasteiger partial charge in [0.05, 0.1) is 11.4 Å². The normalized spacial score (nSPS) is 17.1. The van der Waals surface area contributed by atoms with Crippen LogP contribution in [0.5, 0.6) is 0 Å². The minimum absolute atomic E-state index is 0.323. The highest BCUT2D eigenvalue weighted by atomic mass is 15.2. The Kier molecular flexibility index (Phi) is 3.36. The lowest BCUT2D eigenvalue weighted by Gasteiger charge is -2.24. The summed E-state index contributed by atoms with van der Waals surface area (Å²) in [6.45, 7) is 0. The molecule has 5 nitrogen and oxygen atoms in total. The molecule has 0 aliphatic heterocycles. The third kappa shape index (κ3) is 2.43. The first-order valence-electron chi connectivity index (χ1n) is 6.19. The van der Waals surface area contributed by atoms with Crippen molar-refractivity contribution >= 4 is 17.5 Å². The van der Waals surface area contributed by atoms with E-state index in [2.05, 4.69) is 9.97 Å². The minimum atomic E-state index is 0.323. The van der Waals surface area contributed by atoms with Crippen LogP contribution in [-0.2, 0) is 0 Å². The fraction of sp³-hybridized carbons (Fsp3) is 0.667. The number of hydrogen-bond acceptors (Lipinski definition) is 5. The van der Waals surface area contributed by atoms with E-state index in [1.165, 1.54) is 19.3 Å². The van der Waals surface area contributed by atoms with Crippen LogP contribution in [-0.4, -0.2) is 24.1 Å². The molecule has 0 unspecified atom stereocenters. The highest BCUT2D eigenvalue weighted by Gasteiger charge is 2.22. The van der Waals surface area contributed by atoms with E-state index in [0.29, 0.717) is 17.6 Å². The number of nitrogens with zero attached hydrogens (tertiary/aromatic N) is 3. The maximum Gasteiger partial charge on any atom is 0.222 e. The van der Waals surface area contributed by atoms with Gasteiger partial charge in [0.2, 0.25) is 5.95 Å². The molecule has 1 saturated carbocycles. The van der Waals surface area contributed by atoms with Gasteiger partial charge in [0.25, 0.3) is 0 Å². The van der Waals surface area contributed by atoms with E-state index >= 15 is 0 Å². The van der Waals surface area contributed by atoms with Gasteiger partial charge in [-0.25, -0.2) is 4.98 Å². The molecule has 1 aliphatic rings. The molecule has 94 valence electrons. The van der Waals surface area contributed by atoms with Gasteiger partial charge in [-0.15, -0.1) is 0 Å². The molecule has 1 aromatic rings. The third-order valence-electron chi connectivity index (χ3n) is 3.39. The van der Waals surface area contributed by atoms with E-state index in [1.807, 2.05) is 19.0 Å². The van der Waals surface area contributed by atoms with Gasteiger partial charge in [-0.3, -0.25) is 0 Å². The standard InChI is InChI=1S/C12H21N5/c1-17(2)11-9(13)10(15-12(14)16-11)8-6-4-3-5-7-8/h8H,3-7,13H2,1-2H3,(H2,14,15,16). The Bertz CT molecular complexity index is 396. The lowest BCUT2D eigenvalue weighted by Crippen LogP contribution is -2.19. The first-order chi connectivity index (χ1) is 8.09. The number of nitrogens with two attached hydrogens (primary N) is 2. The maximum atomic E-state index is 6.16. The second-order valence-electron chi connectivity index (χ2n) is 4.93. The summed E-state index contributed by atoms with van der Waals surface area (Å²) in [6.07, 6.45) is 6.15. The molecule has 0 spiro atoms. The lowest BCUT2D eigenvalue weighted by molar-refractivity contribution is 0.437. The molecular formula is C12H21N5. The first kappa shape index (κ1) is 12.0. The summed E-state index contributed by atoms with van der Waals surface area (Å²) in [7, 11) is 3.84. The van der Waals surface area contributed by atoms with Crippen LogP contribution < -0.4 is 16.4 Å². The summed E-state index contributed by atoms with van der Waals surface area (Å²) in [5.74, 6) is 1.51. The zero-order valence-electron chi connectivity index (χ0n) is 10.6. The Morgan fingerprint density at radius 1 is 1.06 bits per heavy atom. The van der Waals surface area contributed by atoms with Crippen LogP contribution in [0.3, 0.4) is 0 Å². The molecule has 5 heteroatoms. The lowest BCUT2D eigenvalue weighted by atomic mass is 9.86. The van der Waals surface area contributed by atoms with Crippen LogP contribution in [0.2, 0.25) is 0 Å². The Balaban J connectivity index is 2.38. The van der Waals surface area contributed by atoms with Gasteiger partial charge in [0, 0.05) is 20.0 Å². The number of anilines is 3. The number of hydrogen-bond donors (Lipinski definition) is 2. The summed E-state index contributed by atoms with van der Waals surface area (Å²) in [6, 6.07) is 0. The molecule has 17 heavy (non-hydrogen) atoms. The van der Waals surface area contributed by atoms with Crippen LogP contribution in [0.15, 0.2) is 0 Å². The van der Waals surface area contributed by atoms with Gasteiger partial charge in [0.1, 0.15) is 0 Å². The summed E-state index contributed by atoms with van der Waals surface area (Å²) >= 11 is 0. The van der Waals surface area contributed by atoms with E-state index in [0.717, 1.165) is 24.4 Å². The van der Waals surface area contributed by atoms with Crippen LogP contribution in [0.1, 0.15) is 43.7 Å². The molecule has 1 aliphatic carbocycles. The van der Waals surface area contributed by atoms with Crippen LogP contribution in [0.4, 0.5) is 17.5 Å². The van der Waals surface area contributed by atoms with Crippen molar-refractivity contribution in [3.05, 3.63) is 5.69 Å². The van der Waals surface area contributed by atoms with Crippen LogP contribution in [0.25, 0.3) is 0 Å². The van der Waals surface area contributed by atoms with Gasteiger partial charge in [0.15, 0.2) is 5.82 Å². The Hall–Kier alpha value is -1.52. The summed E-state index contributed by atoms with van der Waals surface area (Å²) < 4.78 is 0. The van der Waals surface area contributed by atoms with Crippen molar-refractivity contribution in [1.29, 1.82) is 0 Å². The molecule has 0 atom stereocenters. The zero-order chi connectivity index (χ0) is 12.4. The predicted octanol–water partition coefficient (Wildman–Crippen LogP) is 1.75. The molecule has 0 radical (unpaired) electrons. The number of nitrogen functional groups attached to an aromatic ring is 2. The molecule has 2 rings (SSSR count). The second-order valence-corrected chi connectivity index (χ2v) is 4.93. The minimum Gasteiger partial charge on any atom is -0.394 e. The molecule has 1 fully saturated rings. The topological polar surface area (TPSA) is 81.1 Å².